The molecule has 1 saturated carbocycles. The summed E-state index contributed by atoms with van der Waals surface area (Å²) in [6, 6.07) is 12.3. The number of carbonyl (C=O) groups is 3. The van der Waals surface area contributed by atoms with Gasteiger partial charge in [0.15, 0.2) is 0 Å². The number of aliphatic imine (C=N–C) groups is 1. The van der Waals surface area contributed by atoms with Gasteiger partial charge in [0.1, 0.15) is 23.7 Å². The Bertz CT molecular complexity index is 2070. The molecular weight excluding hydrogens is 688 g/mol. The van der Waals surface area contributed by atoms with E-state index in [0.29, 0.717) is 13.1 Å². The smallest absolute Gasteiger partial charge is 0.407 e. The fourth-order valence-corrected chi connectivity index (χ4v) is 7.42. The van der Waals surface area contributed by atoms with Crippen molar-refractivity contribution in [3.63, 3.8) is 0 Å². The van der Waals surface area contributed by atoms with E-state index in [9.17, 15) is 14.4 Å². The molecule has 4 aromatic rings. The molecule has 282 valence electrons. The minimum atomic E-state index is -0.587. The van der Waals surface area contributed by atoms with Gasteiger partial charge >= 0.3 is 6.09 Å². The third kappa shape index (κ3) is 7.96. The largest absolute Gasteiger partial charge is 0.453 e. The number of methoxy groups -OCH3 is 1. The summed E-state index contributed by atoms with van der Waals surface area (Å²) < 4.78 is 4.78. The number of fused-ring (bicyclic) bond motifs is 1. The molecule has 54 heavy (non-hydrogen) atoms. The number of nitrogens with one attached hydrogen (secondary N) is 3. The van der Waals surface area contributed by atoms with Gasteiger partial charge in [-0.2, -0.15) is 4.89 Å². The third-order valence-electron chi connectivity index (χ3n) is 10.4. The van der Waals surface area contributed by atoms with Crippen molar-refractivity contribution in [2.75, 3.05) is 27.3 Å². The first kappa shape index (κ1) is 36.7. The summed E-state index contributed by atoms with van der Waals surface area (Å²) in [5, 5.41) is 2.75. The van der Waals surface area contributed by atoms with Gasteiger partial charge in [-0.1, -0.05) is 37.8 Å². The Morgan fingerprint density at radius 3 is 2.28 bits per heavy atom. The Morgan fingerprint density at radius 1 is 0.907 bits per heavy atom. The summed E-state index contributed by atoms with van der Waals surface area (Å²) in [6.07, 6.45) is 7.58. The molecule has 3 amide bonds. The molecule has 2 aromatic heterocycles. The molecule has 2 aliphatic heterocycles. The Labute approximate surface area is 314 Å². The van der Waals surface area contributed by atoms with Crippen molar-refractivity contribution >= 4 is 35.3 Å². The summed E-state index contributed by atoms with van der Waals surface area (Å²) in [4.78, 5) is 72.8. The van der Waals surface area contributed by atoms with Crippen molar-refractivity contribution in [1.82, 2.24) is 35.1 Å². The van der Waals surface area contributed by atoms with Crippen LogP contribution in [0.3, 0.4) is 0 Å². The second kappa shape index (κ2) is 16.1. The average molecular weight is 735 g/mol. The fraction of sp³-hybridized carbons (Fsp3) is 0.450. The molecule has 7 rings (SSSR count). The lowest BCUT2D eigenvalue weighted by molar-refractivity contribution is -0.188. The molecule has 3 aliphatic rings. The van der Waals surface area contributed by atoms with Gasteiger partial charge < -0.3 is 34.7 Å². The Hall–Kier alpha value is -5.68. The lowest BCUT2D eigenvalue weighted by atomic mass is 10.0. The molecule has 3 N–H and O–H groups in total. The number of likely N-dealkylation sites (tertiary alicyclic amines) is 2. The number of amides is 3. The first-order chi connectivity index (χ1) is 26.2. The first-order valence-electron chi connectivity index (χ1n) is 18.6. The van der Waals surface area contributed by atoms with Crippen molar-refractivity contribution in [2.24, 2.45) is 16.8 Å². The van der Waals surface area contributed by atoms with E-state index in [2.05, 4.69) is 42.0 Å². The number of hydrogen-bond donors (Lipinski definition) is 3. The summed E-state index contributed by atoms with van der Waals surface area (Å²) >= 11 is 0. The SMILES string of the molecule is COO/C=N\[C@H](C(=O)N1CCC[C@H]1c1ncc(-c2ccc(C#Cc3ccc4nc([C@@H]5CCCN5C(=O)[C@@H](NC(=O)OC)C5CC5)[nH]c4c3)cc2)[nH]1)C(C)C. The predicted octanol–water partition coefficient (Wildman–Crippen LogP) is 5.45. The monoisotopic (exact) mass is 734 g/mol. The second-order valence-electron chi connectivity index (χ2n) is 14.4. The van der Waals surface area contributed by atoms with Crippen LogP contribution in [0.2, 0.25) is 0 Å². The van der Waals surface area contributed by atoms with Gasteiger partial charge in [-0.15, -0.1) is 0 Å². The van der Waals surface area contributed by atoms with Gasteiger partial charge in [-0.3, -0.25) is 9.59 Å². The normalized spacial score (nSPS) is 19.6. The maximum Gasteiger partial charge on any atom is 0.407 e. The van der Waals surface area contributed by atoms with E-state index in [1.807, 2.05) is 66.1 Å². The van der Waals surface area contributed by atoms with Crippen LogP contribution in [0, 0.1) is 23.7 Å². The van der Waals surface area contributed by atoms with Crippen LogP contribution in [0.25, 0.3) is 22.3 Å². The van der Waals surface area contributed by atoms with Gasteiger partial charge in [0.05, 0.1) is 49.2 Å². The quantitative estimate of drug-likeness (QED) is 0.0602. The van der Waals surface area contributed by atoms with Gasteiger partial charge in [0, 0.05) is 24.2 Å². The average Bonchev–Trinajstić information content (AvgIpc) is 3.60. The van der Waals surface area contributed by atoms with E-state index in [0.717, 1.165) is 83.6 Å². The zero-order valence-electron chi connectivity index (χ0n) is 31.0. The minimum absolute atomic E-state index is 0.0123. The molecule has 0 spiro atoms. The van der Waals surface area contributed by atoms with E-state index in [-0.39, 0.29) is 35.7 Å². The van der Waals surface area contributed by atoms with Gasteiger partial charge in [0.25, 0.3) is 0 Å². The number of aromatic nitrogens is 4. The van der Waals surface area contributed by atoms with E-state index in [1.165, 1.54) is 20.6 Å². The molecule has 0 bridgehead atoms. The maximum absolute atomic E-state index is 13.6. The van der Waals surface area contributed by atoms with Crippen LogP contribution in [-0.2, 0) is 24.1 Å². The van der Waals surface area contributed by atoms with E-state index in [4.69, 9.17) is 14.6 Å². The first-order valence-corrected chi connectivity index (χ1v) is 18.6. The second-order valence-corrected chi connectivity index (χ2v) is 14.4. The number of benzene rings is 2. The molecule has 0 unspecified atom stereocenters. The highest BCUT2D eigenvalue weighted by atomic mass is 17.2. The predicted molar refractivity (Wildman–Crippen MR) is 201 cm³/mol. The van der Waals surface area contributed by atoms with Gasteiger partial charge in [-0.05, 0) is 86.3 Å². The maximum atomic E-state index is 13.6. The number of alkyl carbamates (subject to hydrolysis) is 1. The summed E-state index contributed by atoms with van der Waals surface area (Å²) in [5.41, 5.74) is 5.18. The van der Waals surface area contributed by atoms with E-state index in [1.54, 1.807) is 6.20 Å². The van der Waals surface area contributed by atoms with Crippen LogP contribution in [-0.4, -0.2) is 93.4 Å². The Kier molecular flexibility index (Phi) is 11.0. The highest BCUT2D eigenvalue weighted by Gasteiger charge is 2.43. The highest BCUT2D eigenvalue weighted by molar-refractivity contribution is 5.87. The molecule has 3 fully saturated rings. The summed E-state index contributed by atoms with van der Waals surface area (Å²) in [5.74, 6) is 8.01. The molecule has 4 heterocycles. The number of imidazole rings is 2. The number of hydrogen-bond acceptors (Lipinski definition) is 9. The standard InChI is InChI=1S/C40H46N8O6/c1-24(2)34(42-23-54-53-4)38(49)47-19-5-7-32(47)36-41-22-31(45-36)27-14-11-25(12-15-27)9-10-26-13-18-29-30(21-26)44-37(43-29)33-8-6-20-48(33)39(50)35(28-16-17-28)46-40(51)52-3/h11-15,18,21-24,28,32-35H,5-8,16-17,19-20H2,1-4H3,(H,41,45)(H,43,44)(H,46,51)/b42-23-/t32-,33-,34-,35-/m0/s1. The van der Waals surface area contributed by atoms with E-state index < -0.39 is 18.2 Å². The third-order valence-corrected chi connectivity index (χ3v) is 10.4. The lowest BCUT2D eigenvalue weighted by Crippen LogP contribution is -2.49. The molecule has 14 nitrogen and oxygen atoms in total. The lowest BCUT2D eigenvalue weighted by Gasteiger charge is -2.28. The zero-order chi connectivity index (χ0) is 37.8. The van der Waals surface area contributed by atoms with Crippen molar-refractivity contribution < 1.29 is 28.9 Å². The fourth-order valence-electron chi connectivity index (χ4n) is 7.42. The topological polar surface area (TPSA) is 167 Å². The van der Waals surface area contributed by atoms with Gasteiger partial charge in [0.2, 0.25) is 18.2 Å². The van der Waals surface area contributed by atoms with Crippen LogP contribution in [0.1, 0.15) is 87.2 Å². The molecule has 2 aromatic carbocycles. The zero-order valence-corrected chi connectivity index (χ0v) is 31.0. The molecule has 1 aliphatic carbocycles. The number of H-pyrrole nitrogens is 2. The van der Waals surface area contributed by atoms with Crippen molar-refractivity contribution in [2.45, 2.75) is 76.5 Å². The molecule has 4 atom stereocenters. The van der Waals surface area contributed by atoms with Crippen molar-refractivity contribution in [3.05, 3.63) is 71.4 Å². The molecule has 2 saturated heterocycles. The number of ether oxygens (including phenoxy) is 1. The summed E-state index contributed by atoms with van der Waals surface area (Å²) in [6.45, 7) is 5.18. The Morgan fingerprint density at radius 2 is 1.59 bits per heavy atom. The van der Waals surface area contributed by atoms with Crippen molar-refractivity contribution in [3.8, 4) is 23.1 Å². The molecule has 14 heteroatoms. The number of nitrogens with zero attached hydrogens (tertiary/aromatic N) is 5. The molecular formula is C40H46N8O6. The van der Waals surface area contributed by atoms with Crippen molar-refractivity contribution in [1.29, 1.82) is 0 Å². The van der Waals surface area contributed by atoms with Gasteiger partial charge in [-0.25, -0.2) is 19.8 Å². The number of aromatic amines is 2. The number of carbonyl (C=O) groups excluding carboxylic acids is 3. The minimum Gasteiger partial charge on any atom is -0.453 e. The summed E-state index contributed by atoms with van der Waals surface area (Å²) in [7, 11) is 2.70. The van der Waals surface area contributed by atoms with Crippen LogP contribution < -0.4 is 5.32 Å². The highest BCUT2D eigenvalue weighted by Crippen LogP contribution is 2.38. The van der Waals surface area contributed by atoms with Crippen LogP contribution >= 0.6 is 0 Å². The number of rotatable bonds is 11. The van der Waals surface area contributed by atoms with Crippen LogP contribution in [0.5, 0.6) is 0 Å². The van der Waals surface area contributed by atoms with E-state index >= 15 is 0 Å². The van der Waals surface area contributed by atoms with Crippen LogP contribution in [0.15, 0.2) is 53.7 Å². The van der Waals surface area contributed by atoms with Crippen LogP contribution in [0.4, 0.5) is 4.79 Å². The molecule has 0 radical (unpaired) electrons. The Balaban J connectivity index is 1.01.